The monoisotopic (exact) mass is 450 g/mol. The Kier molecular flexibility index (Phi) is 7.85. The maximum atomic E-state index is 10.2. The van der Waals surface area contributed by atoms with E-state index in [1.165, 1.54) is 7.11 Å². The second-order valence-corrected chi connectivity index (χ2v) is 10.3. The third-order valence-electron chi connectivity index (χ3n) is 5.03. The van der Waals surface area contributed by atoms with Crippen molar-refractivity contribution in [2.45, 2.75) is 52.4 Å². The third-order valence-corrected chi connectivity index (χ3v) is 5.68. The summed E-state index contributed by atoms with van der Waals surface area (Å²) in [7, 11) is 4.23. The number of benzene rings is 2. The molecule has 1 N–H and O–H groups in total. The fourth-order valence-electron chi connectivity index (χ4n) is 3.39. The minimum absolute atomic E-state index is 0.197. The second kappa shape index (κ2) is 9.64. The van der Waals surface area contributed by atoms with Crippen LogP contribution in [-0.4, -0.2) is 33.3 Å². The molecule has 0 amide bonds. The summed E-state index contributed by atoms with van der Waals surface area (Å²) < 4.78 is 28.1. The molecule has 0 aliphatic heterocycles. The highest BCUT2D eigenvalue weighted by Gasteiger charge is 2.30. The highest BCUT2D eigenvalue weighted by Crippen LogP contribution is 2.51. The smallest absolute Gasteiger partial charge is 0.394 e. The normalized spacial score (nSPS) is 13.0. The van der Waals surface area contributed by atoms with Crippen molar-refractivity contribution in [3.8, 4) is 34.1 Å². The Hall–Kier alpha value is -2.01. The molecule has 0 saturated heterocycles. The van der Waals surface area contributed by atoms with Crippen LogP contribution in [0.4, 0.5) is 0 Å². The third kappa shape index (κ3) is 5.62. The van der Waals surface area contributed by atoms with Gasteiger partial charge in [0.25, 0.3) is 0 Å². The van der Waals surface area contributed by atoms with Crippen LogP contribution in [0.25, 0.3) is 11.1 Å². The minimum Gasteiger partial charge on any atom is -0.497 e. The lowest BCUT2D eigenvalue weighted by molar-refractivity contribution is 0.314. The molecule has 0 bridgehead atoms. The van der Waals surface area contributed by atoms with E-state index < -0.39 is 8.60 Å². The van der Waals surface area contributed by atoms with E-state index >= 15 is 0 Å². The van der Waals surface area contributed by atoms with Gasteiger partial charge < -0.3 is 28.2 Å². The Bertz CT molecular complexity index is 912. The minimum atomic E-state index is -2.11. The molecule has 0 radical (unpaired) electrons. The highest BCUT2D eigenvalue weighted by atomic mass is 31.2. The molecule has 6 nitrogen and oxygen atoms in total. The van der Waals surface area contributed by atoms with Crippen molar-refractivity contribution >= 4 is 8.60 Å². The summed E-state index contributed by atoms with van der Waals surface area (Å²) in [4.78, 5) is 10.2. The number of ether oxygens (including phenoxy) is 3. The van der Waals surface area contributed by atoms with Crippen LogP contribution < -0.4 is 18.7 Å². The lowest BCUT2D eigenvalue weighted by Gasteiger charge is -2.28. The molecule has 0 aliphatic carbocycles. The van der Waals surface area contributed by atoms with Gasteiger partial charge in [0.15, 0.2) is 0 Å². The molecule has 0 aromatic heterocycles. The van der Waals surface area contributed by atoms with Crippen molar-refractivity contribution in [3.63, 3.8) is 0 Å². The number of methoxy groups -OCH3 is 3. The van der Waals surface area contributed by atoms with Crippen LogP contribution in [0, 0.1) is 0 Å². The molecule has 31 heavy (non-hydrogen) atoms. The van der Waals surface area contributed by atoms with Gasteiger partial charge in [0.1, 0.15) is 23.0 Å². The van der Waals surface area contributed by atoms with Crippen LogP contribution in [0.15, 0.2) is 24.3 Å². The van der Waals surface area contributed by atoms with Gasteiger partial charge in [-0.25, -0.2) is 0 Å². The molecular formula is C24H35O6P. The van der Waals surface area contributed by atoms with Crippen LogP contribution >= 0.6 is 8.60 Å². The average Bonchev–Trinajstić information content (AvgIpc) is 2.71. The maximum Gasteiger partial charge on any atom is 0.394 e. The van der Waals surface area contributed by atoms with Gasteiger partial charge >= 0.3 is 8.60 Å². The van der Waals surface area contributed by atoms with Gasteiger partial charge in [0, 0.05) is 29.4 Å². The van der Waals surface area contributed by atoms with E-state index in [-0.39, 0.29) is 10.8 Å². The van der Waals surface area contributed by atoms with E-state index in [1.807, 2.05) is 24.3 Å². The molecule has 0 heterocycles. The molecule has 2 aromatic carbocycles. The highest BCUT2D eigenvalue weighted by molar-refractivity contribution is 7.41. The van der Waals surface area contributed by atoms with Crippen molar-refractivity contribution in [1.82, 2.24) is 0 Å². The maximum absolute atomic E-state index is 10.2. The molecule has 0 spiro atoms. The van der Waals surface area contributed by atoms with Crippen molar-refractivity contribution in [1.29, 1.82) is 0 Å². The summed E-state index contributed by atoms with van der Waals surface area (Å²) in [5.41, 5.74) is 2.89. The molecule has 1 unspecified atom stereocenters. The SMILES string of the molecule is COc1cc(-c2cc(OC)cc(C(C)(C)C)c2OP(O)OC)c(OC)c(C(C)(C)C)c1. The molecule has 1 atom stereocenters. The first-order chi connectivity index (χ1) is 14.4. The summed E-state index contributed by atoms with van der Waals surface area (Å²) >= 11 is 0. The molecular weight excluding hydrogens is 415 g/mol. The van der Waals surface area contributed by atoms with Crippen LogP contribution in [-0.2, 0) is 15.4 Å². The topological polar surface area (TPSA) is 66.4 Å². The quantitative estimate of drug-likeness (QED) is 0.505. The molecule has 7 heteroatoms. The van der Waals surface area contributed by atoms with Crippen molar-refractivity contribution in [3.05, 3.63) is 35.4 Å². The molecule has 0 fully saturated rings. The van der Waals surface area contributed by atoms with Crippen molar-refractivity contribution < 1.29 is 28.2 Å². The Morgan fingerprint density at radius 2 is 1.06 bits per heavy atom. The lowest BCUT2D eigenvalue weighted by Crippen LogP contribution is -2.15. The van der Waals surface area contributed by atoms with E-state index in [0.29, 0.717) is 23.0 Å². The fourth-order valence-corrected chi connectivity index (χ4v) is 3.82. The number of hydrogen-bond acceptors (Lipinski definition) is 6. The standard InChI is InChI=1S/C24H35O6P/c1-23(2,3)19-13-15(26-7)11-17(21(19)28-9)18-12-16(27-8)14-20(24(4,5)6)22(18)30-31(25)29-10/h11-14,25H,1-10H3. The first-order valence-corrected chi connectivity index (χ1v) is 11.2. The first kappa shape index (κ1) is 25.3. The van der Waals surface area contributed by atoms with E-state index in [9.17, 15) is 4.89 Å². The molecule has 2 aromatic rings. The Morgan fingerprint density at radius 3 is 1.42 bits per heavy atom. The Labute approximate surface area is 187 Å². The fraction of sp³-hybridized carbons (Fsp3) is 0.500. The van der Waals surface area contributed by atoms with Gasteiger partial charge in [-0.15, -0.1) is 0 Å². The van der Waals surface area contributed by atoms with Gasteiger partial charge in [-0.1, -0.05) is 41.5 Å². The van der Waals surface area contributed by atoms with Gasteiger partial charge in [-0.2, -0.15) is 0 Å². The Morgan fingerprint density at radius 1 is 0.645 bits per heavy atom. The van der Waals surface area contributed by atoms with E-state index in [1.54, 1.807) is 21.3 Å². The summed E-state index contributed by atoms with van der Waals surface area (Å²) in [6, 6.07) is 7.71. The second-order valence-electron chi connectivity index (χ2n) is 9.32. The predicted octanol–water partition coefficient (Wildman–Crippen LogP) is 6.22. The van der Waals surface area contributed by atoms with Gasteiger partial charge in [0.05, 0.1) is 21.3 Å². The van der Waals surface area contributed by atoms with Gasteiger partial charge in [-0.05, 0) is 35.1 Å². The number of hydrogen-bond donors (Lipinski definition) is 1. The van der Waals surface area contributed by atoms with Crippen LogP contribution in [0.5, 0.6) is 23.0 Å². The van der Waals surface area contributed by atoms with Gasteiger partial charge in [-0.3, -0.25) is 0 Å². The summed E-state index contributed by atoms with van der Waals surface area (Å²) in [5, 5.41) is 0. The van der Waals surface area contributed by atoms with E-state index in [2.05, 4.69) is 41.5 Å². The lowest BCUT2D eigenvalue weighted by atomic mass is 9.81. The summed E-state index contributed by atoms with van der Waals surface area (Å²) in [5.74, 6) is 2.61. The van der Waals surface area contributed by atoms with Crippen molar-refractivity contribution in [2.75, 3.05) is 28.4 Å². The first-order valence-electron chi connectivity index (χ1n) is 10.1. The van der Waals surface area contributed by atoms with Crippen LogP contribution in [0.2, 0.25) is 0 Å². The predicted molar refractivity (Wildman–Crippen MR) is 126 cm³/mol. The van der Waals surface area contributed by atoms with Crippen LogP contribution in [0.3, 0.4) is 0 Å². The summed E-state index contributed by atoms with van der Waals surface area (Å²) in [6.45, 7) is 12.6. The van der Waals surface area contributed by atoms with Gasteiger partial charge in [0.2, 0.25) is 0 Å². The van der Waals surface area contributed by atoms with E-state index in [0.717, 1.165) is 22.3 Å². The molecule has 0 saturated carbocycles. The zero-order valence-electron chi connectivity index (χ0n) is 20.2. The van der Waals surface area contributed by atoms with E-state index in [4.69, 9.17) is 23.3 Å². The largest absolute Gasteiger partial charge is 0.497 e. The zero-order valence-corrected chi connectivity index (χ0v) is 21.1. The van der Waals surface area contributed by atoms with Crippen molar-refractivity contribution in [2.24, 2.45) is 0 Å². The zero-order chi connectivity index (χ0) is 23.6. The molecule has 2 rings (SSSR count). The number of rotatable bonds is 7. The van der Waals surface area contributed by atoms with Crippen LogP contribution in [0.1, 0.15) is 52.7 Å². The molecule has 172 valence electrons. The average molecular weight is 451 g/mol. The Balaban J connectivity index is 3.01. The summed E-state index contributed by atoms with van der Waals surface area (Å²) in [6.07, 6.45) is 0. The molecule has 0 aliphatic rings.